The van der Waals surface area contributed by atoms with Crippen molar-refractivity contribution in [1.29, 1.82) is 0 Å². The lowest BCUT2D eigenvalue weighted by Gasteiger charge is -2.44. The molecule has 0 aromatic rings. The first kappa shape index (κ1) is 11.4. The molecule has 88 valence electrons. The molecule has 3 nitrogen and oxygen atoms in total. The number of nitrogens with one attached hydrogen (secondary N) is 1. The monoisotopic (exact) mass is 211 g/mol. The van der Waals surface area contributed by atoms with Crippen molar-refractivity contribution in [2.75, 3.05) is 46.8 Å². The van der Waals surface area contributed by atoms with E-state index in [1.807, 2.05) is 0 Å². The highest BCUT2D eigenvalue weighted by Crippen LogP contribution is 2.32. The topological polar surface area (TPSA) is 18.5 Å². The van der Waals surface area contributed by atoms with E-state index in [1.54, 1.807) is 0 Å². The Hall–Kier alpha value is -0.120. The smallest absolute Gasteiger partial charge is 0.0136 e. The maximum atomic E-state index is 3.33. The Morgan fingerprint density at radius 1 is 1.13 bits per heavy atom. The van der Waals surface area contributed by atoms with Gasteiger partial charge in [0.2, 0.25) is 0 Å². The largest absolute Gasteiger partial charge is 0.319 e. The van der Waals surface area contributed by atoms with Crippen LogP contribution < -0.4 is 5.32 Å². The Labute approximate surface area is 93.8 Å². The van der Waals surface area contributed by atoms with E-state index in [2.05, 4.69) is 29.2 Å². The van der Waals surface area contributed by atoms with Crippen molar-refractivity contribution in [2.24, 2.45) is 5.92 Å². The predicted octanol–water partition coefficient (Wildman–Crippen LogP) is 0.622. The highest BCUT2D eigenvalue weighted by atomic mass is 15.2. The summed E-state index contributed by atoms with van der Waals surface area (Å²) in [4.78, 5) is 5.20. The molecule has 1 aliphatic heterocycles. The zero-order valence-electron chi connectivity index (χ0n) is 10.2. The fourth-order valence-corrected chi connectivity index (χ4v) is 2.93. The maximum absolute atomic E-state index is 3.33. The van der Waals surface area contributed by atoms with Gasteiger partial charge in [-0.05, 0) is 58.9 Å². The Balaban J connectivity index is 1.82. The first-order valence-corrected chi connectivity index (χ1v) is 6.38. The number of rotatable bonds is 3. The van der Waals surface area contributed by atoms with E-state index < -0.39 is 0 Å². The minimum atomic E-state index is 0.879. The second-order valence-corrected chi connectivity index (χ2v) is 5.16. The van der Waals surface area contributed by atoms with Gasteiger partial charge in [-0.25, -0.2) is 0 Å². The van der Waals surface area contributed by atoms with Crippen LogP contribution in [0.3, 0.4) is 0 Å². The second kappa shape index (κ2) is 5.28. The fraction of sp³-hybridized carbons (Fsp3) is 1.00. The molecule has 3 heteroatoms. The Kier molecular flexibility index (Phi) is 4.00. The van der Waals surface area contributed by atoms with Crippen molar-refractivity contribution in [2.45, 2.75) is 25.3 Å². The molecule has 2 unspecified atom stereocenters. The van der Waals surface area contributed by atoms with Crippen molar-refractivity contribution >= 4 is 0 Å². The molecule has 0 amide bonds. The molecule has 15 heavy (non-hydrogen) atoms. The van der Waals surface area contributed by atoms with Gasteiger partial charge < -0.3 is 10.2 Å². The third kappa shape index (κ3) is 2.71. The SMILES string of the molecule is CNCC1CCC1N1CCCN(C)CC1. The number of likely N-dealkylation sites (N-methyl/N-ethyl adjacent to an activating group) is 1. The molecule has 1 aliphatic carbocycles. The Morgan fingerprint density at radius 2 is 2.00 bits per heavy atom. The van der Waals surface area contributed by atoms with Crippen LogP contribution in [0.1, 0.15) is 19.3 Å². The zero-order chi connectivity index (χ0) is 10.7. The highest BCUT2D eigenvalue weighted by molar-refractivity contribution is 4.90. The first-order valence-electron chi connectivity index (χ1n) is 6.38. The van der Waals surface area contributed by atoms with Gasteiger partial charge in [0, 0.05) is 19.1 Å². The van der Waals surface area contributed by atoms with Gasteiger partial charge in [0.05, 0.1) is 0 Å². The average Bonchev–Trinajstić information content (AvgIpc) is 2.39. The molecule has 1 saturated heterocycles. The zero-order valence-corrected chi connectivity index (χ0v) is 10.2. The molecular weight excluding hydrogens is 186 g/mol. The average molecular weight is 211 g/mol. The van der Waals surface area contributed by atoms with Gasteiger partial charge in [-0.2, -0.15) is 0 Å². The van der Waals surface area contributed by atoms with Crippen LogP contribution in [0, 0.1) is 5.92 Å². The van der Waals surface area contributed by atoms with Crippen LogP contribution in [0.25, 0.3) is 0 Å². The van der Waals surface area contributed by atoms with Gasteiger partial charge in [0.15, 0.2) is 0 Å². The molecular formula is C12H25N3. The molecule has 1 heterocycles. The summed E-state index contributed by atoms with van der Waals surface area (Å²) in [7, 11) is 4.32. The highest BCUT2D eigenvalue weighted by Gasteiger charge is 2.34. The molecule has 1 N–H and O–H groups in total. The molecule has 0 aromatic carbocycles. The molecule has 2 aliphatic rings. The number of hydrogen-bond donors (Lipinski definition) is 1. The first-order chi connectivity index (χ1) is 7.31. The lowest BCUT2D eigenvalue weighted by molar-refractivity contribution is 0.0664. The maximum Gasteiger partial charge on any atom is 0.0136 e. The van der Waals surface area contributed by atoms with Gasteiger partial charge in [-0.1, -0.05) is 0 Å². The van der Waals surface area contributed by atoms with E-state index in [4.69, 9.17) is 0 Å². The fourth-order valence-electron chi connectivity index (χ4n) is 2.93. The van der Waals surface area contributed by atoms with Crippen molar-refractivity contribution in [3.8, 4) is 0 Å². The second-order valence-electron chi connectivity index (χ2n) is 5.16. The quantitative estimate of drug-likeness (QED) is 0.738. The van der Waals surface area contributed by atoms with E-state index in [-0.39, 0.29) is 0 Å². The lowest BCUT2D eigenvalue weighted by atomic mass is 9.78. The van der Waals surface area contributed by atoms with E-state index in [9.17, 15) is 0 Å². The summed E-state index contributed by atoms with van der Waals surface area (Å²) in [5, 5.41) is 3.33. The van der Waals surface area contributed by atoms with Gasteiger partial charge in [-0.3, -0.25) is 4.90 Å². The van der Waals surface area contributed by atoms with Gasteiger partial charge in [0.1, 0.15) is 0 Å². The summed E-state index contributed by atoms with van der Waals surface area (Å²) in [6, 6.07) is 0.879. The Morgan fingerprint density at radius 3 is 2.67 bits per heavy atom. The molecule has 1 saturated carbocycles. The summed E-state index contributed by atoms with van der Waals surface area (Å²) in [5.74, 6) is 0.915. The summed E-state index contributed by atoms with van der Waals surface area (Å²) < 4.78 is 0. The van der Waals surface area contributed by atoms with Crippen molar-refractivity contribution in [1.82, 2.24) is 15.1 Å². The normalized spacial score (nSPS) is 34.8. The molecule has 2 rings (SSSR count). The van der Waals surface area contributed by atoms with Crippen molar-refractivity contribution in [3.63, 3.8) is 0 Å². The number of nitrogens with zero attached hydrogens (tertiary/aromatic N) is 2. The van der Waals surface area contributed by atoms with Gasteiger partial charge in [-0.15, -0.1) is 0 Å². The molecule has 0 bridgehead atoms. The molecule has 0 spiro atoms. The van der Waals surface area contributed by atoms with E-state index >= 15 is 0 Å². The van der Waals surface area contributed by atoms with Crippen LogP contribution in [-0.2, 0) is 0 Å². The molecule has 0 radical (unpaired) electrons. The van der Waals surface area contributed by atoms with E-state index in [1.165, 1.54) is 52.0 Å². The lowest BCUT2D eigenvalue weighted by Crippen LogP contribution is -2.51. The van der Waals surface area contributed by atoms with Gasteiger partial charge >= 0.3 is 0 Å². The number of hydrogen-bond acceptors (Lipinski definition) is 3. The van der Waals surface area contributed by atoms with Gasteiger partial charge in [0.25, 0.3) is 0 Å². The van der Waals surface area contributed by atoms with Crippen LogP contribution in [0.2, 0.25) is 0 Å². The van der Waals surface area contributed by atoms with Crippen LogP contribution in [-0.4, -0.2) is 62.7 Å². The van der Waals surface area contributed by atoms with Crippen LogP contribution in [0.5, 0.6) is 0 Å². The molecule has 2 atom stereocenters. The summed E-state index contributed by atoms with van der Waals surface area (Å²) in [6.07, 6.45) is 4.20. The van der Waals surface area contributed by atoms with Crippen LogP contribution in [0.4, 0.5) is 0 Å². The summed E-state index contributed by atoms with van der Waals surface area (Å²) >= 11 is 0. The summed E-state index contributed by atoms with van der Waals surface area (Å²) in [5.41, 5.74) is 0. The van der Waals surface area contributed by atoms with Crippen LogP contribution in [0.15, 0.2) is 0 Å². The predicted molar refractivity (Wildman–Crippen MR) is 64.1 cm³/mol. The van der Waals surface area contributed by atoms with Crippen LogP contribution >= 0.6 is 0 Å². The summed E-state index contributed by atoms with van der Waals surface area (Å²) in [6.45, 7) is 6.33. The van der Waals surface area contributed by atoms with Crippen molar-refractivity contribution in [3.05, 3.63) is 0 Å². The third-order valence-corrected chi connectivity index (χ3v) is 4.07. The molecule has 0 aromatic heterocycles. The third-order valence-electron chi connectivity index (χ3n) is 4.07. The minimum Gasteiger partial charge on any atom is -0.319 e. The van der Waals surface area contributed by atoms with E-state index in [0.29, 0.717) is 0 Å². The van der Waals surface area contributed by atoms with E-state index in [0.717, 1.165) is 12.0 Å². The Bertz CT molecular complexity index is 195. The minimum absolute atomic E-state index is 0.879. The standard InChI is InChI=1S/C12H25N3/c1-13-10-11-4-5-12(11)15-7-3-6-14(2)8-9-15/h11-13H,3-10H2,1-2H3. The van der Waals surface area contributed by atoms with Crippen molar-refractivity contribution < 1.29 is 0 Å². The molecule has 2 fully saturated rings.